The number of nitrogens with one attached hydrogen (secondary N) is 1. The van der Waals surface area contributed by atoms with Gasteiger partial charge in [0.1, 0.15) is 5.82 Å². The van der Waals surface area contributed by atoms with Crippen molar-refractivity contribution in [2.45, 2.75) is 19.3 Å². The normalized spacial score (nSPS) is 16.4. The van der Waals surface area contributed by atoms with E-state index in [4.69, 9.17) is 0 Å². The molecule has 1 aliphatic carbocycles. The van der Waals surface area contributed by atoms with E-state index in [0.29, 0.717) is 4.47 Å². The Labute approximate surface area is 91.8 Å². The van der Waals surface area contributed by atoms with Crippen molar-refractivity contribution in [2.75, 3.05) is 11.9 Å². The van der Waals surface area contributed by atoms with Gasteiger partial charge in [-0.3, -0.25) is 0 Å². The molecule has 1 nitrogen and oxygen atoms in total. The van der Waals surface area contributed by atoms with Crippen LogP contribution >= 0.6 is 15.9 Å². The maximum absolute atomic E-state index is 12.9. The Balaban J connectivity index is 1.91. The summed E-state index contributed by atoms with van der Waals surface area (Å²) in [5.41, 5.74) is 0.991. The molecule has 1 aromatic rings. The molecule has 2 rings (SSSR count). The van der Waals surface area contributed by atoms with Gasteiger partial charge >= 0.3 is 0 Å². The third-order valence-electron chi connectivity index (χ3n) is 2.74. The summed E-state index contributed by atoms with van der Waals surface area (Å²) in [5, 5.41) is 3.32. The third kappa shape index (κ3) is 2.27. The Morgan fingerprint density at radius 2 is 2.21 bits per heavy atom. The van der Waals surface area contributed by atoms with E-state index in [1.54, 1.807) is 12.1 Å². The Morgan fingerprint density at radius 1 is 1.43 bits per heavy atom. The zero-order chi connectivity index (χ0) is 9.97. The first-order chi connectivity index (χ1) is 6.75. The van der Waals surface area contributed by atoms with Crippen molar-refractivity contribution in [1.29, 1.82) is 0 Å². The summed E-state index contributed by atoms with van der Waals surface area (Å²) >= 11 is 3.17. The number of benzene rings is 1. The first-order valence-electron chi connectivity index (χ1n) is 4.94. The van der Waals surface area contributed by atoms with Crippen LogP contribution in [0.4, 0.5) is 10.1 Å². The fraction of sp³-hybridized carbons (Fsp3) is 0.455. The Kier molecular flexibility index (Phi) is 3.06. The largest absolute Gasteiger partial charge is 0.385 e. The van der Waals surface area contributed by atoms with Crippen molar-refractivity contribution >= 4 is 21.6 Å². The molecule has 0 heterocycles. The number of rotatable bonds is 3. The lowest BCUT2D eigenvalue weighted by atomic mass is 9.85. The molecule has 1 fully saturated rings. The van der Waals surface area contributed by atoms with Gasteiger partial charge in [-0.15, -0.1) is 0 Å². The summed E-state index contributed by atoms with van der Waals surface area (Å²) < 4.78 is 13.4. The second-order valence-corrected chi connectivity index (χ2v) is 4.66. The molecule has 0 radical (unpaired) electrons. The molecule has 1 aromatic carbocycles. The van der Waals surface area contributed by atoms with Crippen LogP contribution in [0, 0.1) is 11.7 Å². The van der Waals surface area contributed by atoms with Crippen molar-refractivity contribution in [3.63, 3.8) is 0 Å². The molecule has 0 bridgehead atoms. The number of hydrogen-bond donors (Lipinski definition) is 1. The molecule has 1 N–H and O–H groups in total. The van der Waals surface area contributed by atoms with Gasteiger partial charge in [0.05, 0.1) is 4.47 Å². The number of hydrogen-bond acceptors (Lipinski definition) is 1. The SMILES string of the molecule is Fc1ccc(NCC2CCC2)cc1Br. The minimum atomic E-state index is -0.209. The van der Waals surface area contributed by atoms with E-state index in [-0.39, 0.29) is 5.82 Å². The molecule has 0 spiro atoms. The van der Waals surface area contributed by atoms with Gasteiger partial charge in [-0.25, -0.2) is 4.39 Å². The Morgan fingerprint density at radius 3 is 2.79 bits per heavy atom. The van der Waals surface area contributed by atoms with Crippen molar-refractivity contribution in [3.05, 3.63) is 28.5 Å². The summed E-state index contributed by atoms with van der Waals surface area (Å²) in [6, 6.07) is 5.04. The summed E-state index contributed by atoms with van der Waals surface area (Å²) in [4.78, 5) is 0. The third-order valence-corrected chi connectivity index (χ3v) is 3.35. The molecule has 1 saturated carbocycles. The van der Waals surface area contributed by atoms with Crippen LogP contribution < -0.4 is 5.32 Å². The quantitative estimate of drug-likeness (QED) is 0.869. The highest BCUT2D eigenvalue weighted by Gasteiger charge is 2.16. The van der Waals surface area contributed by atoms with Crippen LogP contribution in [0.2, 0.25) is 0 Å². The number of halogens is 2. The van der Waals surface area contributed by atoms with E-state index in [9.17, 15) is 4.39 Å². The monoisotopic (exact) mass is 257 g/mol. The fourth-order valence-corrected chi connectivity index (χ4v) is 1.94. The van der Waals surface area contributed by atoms with E-state index in [1.165, 1.54) is 25.3 Å². The lowest BCUT2D eigenvalue weighted by molar-refractivity contribution is 0.333. The minimum absolute atomic E-state index is 0.209. The predicted molar refractivity (Wildman–Crippen MR) is 59.9 cm³/mol. The summed E-state index contributed by atoms with van der Waals surface area (Å²) in [6.07, 6.45) is 4.02. The van der Waals surface area contributed by atoms with Gasteiger partial charge < -0.3 is 5.32 Å². The van der Waals surface area contributed by atoms with Crippen molar-refractivity contribution in [2.24, 2.45) is 5.92 Å². The molecule has 0 aliphatic heterocycles. The predicted octanol–water partition coefficient (Wildman–Crippen LogP) is 3.80. The van der Waals surface area contributed by atoms with E-state index in [2.05, 4.69) is 21.2 Å². The zero-order valence-electron chi connectivity index (χ0n) is 7.89. The van der Waals surface area contributed by atoms with Crippen molar-refractivity contribution in [1.82, 2.24) is 0 Å². The molecule has 3 heteroatoms. The van der Waals surface area contributed by atoms with Gasteiger partial charge in [-0.2, -0.15) is 0 Å². The average molecular weight is 258 g/mol. The first kappa shape index (κ1) is 9.97. The van der Waals surface area contributed by atoms with Gasteiger partial charge in [0.25, 0.3) is 0 Å². The molecule has 0 aromatic heterocycles. The zero-order valence-corrected chi connectivity index (χ0v) is 9.48. The highest BCUT2D eigenvalue weighted by atomic mass is 79.9. The van der Waals surface area contributed by atoms with Crippen molar-refractivity contribution < 1.29 is 4.39 Å². The second-order valence-electron chi connectivity index (χ2n) is 3.81. The van der Waals surface area contributed by atoms with Gasteiger partial charge in [0, 0.05) is 12.2 Å². The highest BCUT2D eigenvalue weighted by molar-refractivity contribution is 9.10. The van der Waals surface area contributed by atoms with Gasteiger partial charge in [-0.05, 0) is 52.9 Å². The summed E-state index contributed by atoms with van der Waals surface area (Å²) in [7, 11) is 0. The minimum Gasteiger partial charge on any atom is -0.385 e. The second kappa shape index (κ2) is 4.30. The lowest BCUT2D eigenvalue weighted by Gasteiger charge is -2.25. The van der Waals surface area contributed by atoms with Gasteiger partial charge in [-0.1, -0.05) is 6.42 Å². The average Bonchev–Trinajstić information content (AvgIpc) is 2.08. The van der Waals surface area contributed by atoms with Gasteiger partial charge in [0.15, 0.2) is 0 Å². The molecule has 0 unspecified atom stereocenters. The fourth-order valence-electron chi connectivity index (χ4n) is 1.57. The van der Waals surface area contributed by atoms with E-state index in [1.807, 2.05) is 0 Å². The van der Waals surface area contributed by atoms with Crippen LogP contribution in [0.15, 0.2) is 22.7 Å². The lowest BCUT2D eigenvalue weighted by Crippen LogP contribution is -2.20. The summed E-state index contributed by atoms with van der Waals surface area (Å²) in [5.74, 6) is 0.609. The topological polar surface area (TPSA) is 12.0 Å². The van der Waals surface area contributed by atoms with E-state index in [0.717, 1.165) is 18.2 Å². The van der Waals surface area contributed by atoms with E-state index >= 15 is 0 Å². The van der Waals surface area contributed by atoms with Crippen molar-refractivity contribution in [3.8, 4) is 0 Å². The highest BCUT2D eigenvalue weighted by Crippen LogP contribution is 2.27. The smallest absolute Gasteiger partial charge is 0.137 e. The van der Waals surface area contributed by atoms with Crippen LogP contribution in [-0.4, -0.2) is 6.54 Å². The van der Waals surface area contributed by atoms with Crippen LogP contribution in [0.25, 0.3) is 0 Å². The standard InChI is InChI=1S/C11H13BrFN/c12-10-6-9(4-5-11(10)13)14-7-8-2-1-3-8/h4-6,8,14H,1-3,7H2. The molecular formula is C11H13BrFN. The van der Waals surface area contributed by atoms with E-state index < -0.39 is 0 Å². The molecule has 14 heavy (non-hydrogen) atoms. The Bertz CT molecular complexity index is 323. The molecule has 0 amide bonds. The van der Waals surface area contributed by atoms with Gasteiger partial charge in [0.2, 0.25) is 0 Å². The molecule has 0 saturated heterocycles. The van der Waals surface area contributed by atoms with Crippen LogP contribution in [0.1, 0.15) is 19.3 Å². The molecule has 76 valence electrons. The number of anilines is 1. The molecular weight excluding hydrogens is 245 g/mol. The van der Waals surface area contributed by atoms with Crippen LogP contribution in [0.5, 0.6) is 0 Å². The first-order valence-corrected chi connectivity index (χ1v) is 5.74. The Hall–Kier alpha value is -0.570. The summed E-state index contributed by atoms with van der Waals surface area (Å²) in [6.45, 7) is 1.01. The maximum atomic E-state index is 12.9. The molecule has 1 aliphatic rings. The molecule has 0 atom stereocenters. The maximum Gasteiger partial charge on any atom is 0.137 e. The van der Waals surface area contributed by atoms with Crippen LogP contribution in [0.3, 0.4) is 0 Å². The van der Waals surface area contributed by atoms with Crippen LogP contribution in [-0.2, 0) is 0 Å².